The second-order valence-electron chi connectivity index (χ2n) is 29.3. The number of hydrogen-bond acceptors (Lipinski definition) is 8. The topological polar surface area (TPSA) is 149 Å². The molecule has 1 heterocycles. The molecule has 9 nitrogen and oxygen atoms in total. The summed E-state index contributed by atoms with van der Waals surface area (Å²) < 4.78 is 11.3. The molecule has 1 saturated heterocycles. The van der Waals surface area contributed by atoms with Crippen LogP contribution in [0.4, 0.5) is 0 Å². The Morgan fingerprint density at radius 2 is 0.620 bits per heavy atom. The first-order chi connectivity index (χ1) is 45.3. The lowest BCUT2D eigenvalue weighted by atomic mass is 9.99. The molecule has 0 aromatic heterocycles. The molecule has 0 radical (unpaired) electrons. The number of aliphatic hydroxyl groups excluding tert-OH is 5. The Morgan fingerprint density at radius 1 is 0.359 bits per heavy atom. The normalized spacial score (nSPS) is 17.7. The first kappa shape index (κ1) is 88.7. The summed E-state index contributed by atoms with van der Waals surface area (Å²) in [6, 6.07) is -0.821. The van der Waals surface area contributed by atoms with Gasteiger partial charge in [0.25, 0.3) is 0 Å². The first-order valence-electron chi connectivity index (χ1n) is 41.6. The molecule has 6 N–H and O–H groups in total. The molecule has 0 aromatic rings. The molecule has 9 heteroatoms. The zero-order valence-electron chi connectivity index (χ0n) is 61.6. The van der Waals surface area contributed by atoms with Crippen molar-refractivity contribution in [3.05, 3.63) is 24.3 Å². The van der Waals surface area contributed by atoms with E-state index >= 15 is 0 Å². The lowest BCUT2D eigenvalue weighted by Crippen LogP contribution is -2.60. The number of amides is 1. The van der Waals surface area contributed by atoms with E-state index in [2.05, 4.69) is 31.3 Å². The zero-order chi connectivity index (χ0) is 66.4. The molecular formula is C83H161NO8. The lowest BCUT2D eigenvalue weighted by Gasteiger charge is -2.40. The molecular weight excluding hydrogens is 1140 g/mol. The maximum atomic E-state index is 13.2. The van der Waals surface area contributed by atoms with E-state index in [1.165, 1.54) is 385 Å². The first-order valence-corrected chi connectivity index (χ1v) is 41.6. The summed E-state index contributed by atoms with van der Waals surface area (Å²) in [7, 11) is 0. The molecule has 0 bridgehead atoms. The van der Waals surface area contributed by atoms with Crippen molar-refractivity contribution in [3.63, 3.8) is 0 Å². The molecule has 0 aliphatic carbocycles. The molecule has 1 amide bonds. The van der Waals surface area contributed by atoms with Gasteiger partial charge in [-0.25, -0.2) is 0 Å². The molecule has 7 unspecified atom stereocenters. The second-order valence-corrected chi connectivity index (χ2v) is 29.3. The Balaban J connectivity index is 2.05. The molecule has 1 aliphatic rings. The summed E-state index contributed by atoms with van der Waals surface area (Å²) >= 11 is 0. The third-order valence-electron chi connectivity index (χ3n) is 20.3. The summed E-state index contributed by atoms with van der Waals surface area (Å²) in [4.78, 5) is 13.2. The number of hydrogen-bond donors (Lipinski definition) is 6. The van der Waals surface area contributed by atoms with Crippen LogP contribution in [-0.2, 0) is 14.3 Å². The van der Waals surface area contributed by atoms with Gasteiger partial charge in [0.2, 0.25) is 5.91 Å². The fraction of sp³-hybridized carbons (Fsp3) is 0.940. The molecule has 0 aromatic carbocycles. The highest BCUT2D eigenvalue weighted by atomic mass is 16.7. The van der Waals surface area contributed by atoms with E-state index < -0.39 is 49.5 Å². The van der Waals surface area contributed by atoms with Gasteiger partial charge in [0.15, 0.2) is 6.29 Å². The SMILES string of the molecule is CCCCCCCCCCCCCCCCCCCCCCCCCCC/C=C/CC/C=C/C(O)C(COC1OC(CO)C(O)C(O)C1O)NC(=O)CCCCCCCCCCCCCCCCCCCCCCCCCCCCCCCCCCCCCCCC. The Hall–Kier alpha value is -1.33. The molecule has 546 valence electrons. The monoisotopic (exact) mass is 1300 g/mol. The van der Waals surface area contributed by atoms with Crippen molar-refractivity contribution in [2.75, 3.05) is 13.2 Å². The van der Waals surface area contributed by atoms with Gasteiger partial charge in [-0.15, -0.1) is 0 Å². The minimum absolute atomic E-state index is 0.176. The van der Waals surface area contributed by atoms with Gasteiger partial charge in [0.05, 0.1) is 25.4 Å². The number of aliphatic hydroxyl groups is 5. The van der Waals surface area contributed by atoms with Gasteiger partial charge in [-0.3, -0.25) is 4.79 Å². The van der Waals surface area contributed by atoms with Crippen molar-refractivity contribution in [1.29, 1.82) is 0 Å². The largest absolute Gasteiger partial charge is 0.394 e. The number of carbonyl (C=O) groups excluding carboxylic acids is 1. The third kappa shape index (κ3) is 59.9. The molecule has 92 heavy (non-hydrogen) atoms. The van der Waals surface area contributed by atoms with Crippen LogP contribution in [0.2, 0.25) is 0 Å². The number of unbranched alkanes of at least 4 members (excludes halogenated alkanes) is 63. The highest BCUT2D eigenvalue weighted by Gasteiger charge is 2.44. The smallest absolute Gasteiger partial charge is 0.220 e. The predicted octanol–water partition coefficient (Wildman–Crippen LogP) is 23.9. The van der Waals surface area contributed by atoms with Crippen LogP contribution in [0.1, 0.15) is 444 Å². The fourth-order valence-electron chi connectivity index (χ4n) is 13.8. The highest BCUT2D eigenvalue weighted by molar-refractivity contribution is 5.76. The second kappa shape index (κ2) is 72.4. The van der Waals surface area contributed by atoms with E-state index in [1.807, 2.05) is 6.08 Å². The van der Waals surface area contributed by atoms with Gasteiger partial charge in [0, 0.05) is 6.42 Å². The van der Waals surface area contributed by atoms with Crippen LogP contribution >= 0.6 is 0 Å². The average molecular weight is 1300 g/mol. The Bertz CT molecular complexity index is 1510. The van der Waals surface area contributed by atoms with Crippen molar-refractivity contribution in [2.45, 2.75) is 487 Å². The van der Waals surface area contributed by atoms with Gasteiger partial charge in [-0.05, 0) is 32.1 Å². The van der Waals surface area contributed by atoms with E-state index in [9.17, 15) is 30.3 Å². The summed E-state index contributed by atoms with van der Waals surface area (Å²) in [5, 5.41) is 54.9. The maximum absolute atomic E-state index is 13.2. The van der Waals surface area contributed by atoms with E-state index in [1.54, 1.807) is 6.08 Å². The minimum Gasteiger partial charge on any atom is -0.394 e. The van der Waals surface area contributed by atoms with Gasteiger partial charge in [-0.1, -0.05) is 430 Å². The van der Waals surface area contributed by atoms with Crippen molar-refractivity contribution in [3.8, 4) is 0 Å². The molecule has 1 fully saturated rings. The molecule has 0 saturated carbocycles. The number of rotatable bonds is 75. The van der Waals surface area contributed by atoms with Crippen molar-refractivity contribution in [1.82, 2.24) is 5.32 Å². The van der Waals surface area contributed by atoms with Crippen LogP contribution in [-0.4, -0.2) is 87.5 Å². The van der Waals surface area contributed by atoms with Crippen LogP contribution in [0.15, 0.2) is 24.3 Å². The molecule has 0 spiro atoms. The number of nitrogens with one attached hydrogen (secondary N) is 1. The van der Waals surface area contributed by atoms with E-state index in [4.69, 9.17) is 9.47 Å². The van der Waals surface area contributed by atoms with E-state index in [0.29, 0.717) is 6.42 Å². The third-order valence-corrected chi connectivity index (χ3v) is 20.3. The highest BCUT2D eigenvalue weighted by Crippen LogP contribution is 2.24. The van der Waals surface area contributed by atoms with Crippen LogP contribution < -0.4 is 5.32 Å². The van der Waals surface area contributed by atoms with Gasteiger partial charge >= 0.3 is 0 Å². The number of ether oxygens (including phenoxy) is 2. The zero-order valence-corrected chi connectivity index (χ0v) is 61.6. The van der Waals surface area contributed by atoms with Gasteiger partial charge in [0.1, 0.15) is 24.4 Å². The van der Waals surface area contributed by atoms with Gasteiger partial charge < -0.3 is 40.3 Å². The summed E-state index contributed by atoms with van der Waals surface area (Å²) in [6.07, 6.45) is 90.7. The van der Waals surface area contributed by atoms with Crippen molar-refractivity contribution < 1.29 is 39.8 Å². The number of carbonyl (C=O) groups is 1. The van der Waals surface area contributed by atoms with Crippen molar-refractivity contribution >= 4 is 5.91 Å². The van der Waals surface area contributed by atoms with E-state index in [-0.39, 0.29) is 12.5 Å². The van der Waals surface area contributed by atoms with Crippen LogP contribution in [0.5, 0.6) is 0 Å². The number of allylic oxidation sites excluding steroid dienone is 3. The summed E-state index contributed by atoms with van der Waals surface area (Å²) in [5.74, 6) is -0.176. The van der Waals surface area contributed by atoms with Crippen molar-refractivity contribution in [2.24, 2.45) is 0 Å². The Kier molecular flexibility index (Phi) is 69.8. The average Bonchev–Trinajstić information content (AvgIpc) is 1.05. The lowest BCUT2D eigenvalue weighted by molar-refractivity contribution is -0.302. The standard InChI is InChI=1S/C83H161NO8/c1-3-5-7-9-11-13-15-17-19-21-23-25-27-29-31-33-35-36-37-38-39-40-41-43-45-47-49-51-53-55-57-59-61-63-65-67-69-71-73-79(87)84-76(75-91-83-82(90)81(89)80(88)78(74-85)92-83)77(86)72-70-68-66-64-62-60-58-56-54-52-50-48-46-44-42-34-32-30-28-26-24-22-20-18-16-14-12-10-8-6-4-2/h62,64,70,72,76-78,80-83,85-86,88-90H,3-61,63,65-69,71,73-75H2,1-2H3,(H,84,87)/b64-62+,72-70+. The van der Waals surface area contributed by atoms with E-state index in [0.717, 1.165) is 38.5 Å². The van der Waals surface area contributed by atoms with Gasteiger partial charge in [-0.2, -0.15) is 0 Å². The van der Waals surface area contributed by atoms with Crippen LogP contribution in [0.25, 0.3) is 0 Å². The van der Waals surface area contributed by atoms with Crippen LogP contribution in [0.3, 0.4) is 0 Å². The Morgan fingerprint density at radius 3 is 0.913 bits per heavy atom. The predicted molar refractivity (Wildman–Crippen MR) is 397 cm³/mol. The molecule has 7 atom stereocenters. The quantitative estimate of drug-likeness (QED) is 0.0261. The Labute approximate surface area is 572 Å². The van der Waals surface area contributed by atoms with Crippen LogP contribution in [0, 0.1) is 0 Å². The maximum Gasteiger partial charge on any atom is 0.220 e. The molecule has 1 aliphatic heterocycles. The summed E-state index contributed by atoms with van der Waals surface area (Å²) in [5.41, 5.74) is 0. The summed E-state index contributed by atoms with van der Waals surface area (Å²) in [6.45, 7) is 3.84. The minimum atomic E-state index is -1.57. The fourth-order valence-corrected chi connectivity index (χ4v) is 13.8. The molecule has 1 rings (SSSR count).